The lowest BCUT2D eigenvalue weighted by Gasteiger charge is -2.08. The van der Waals surface area contributed by atoms with Gasteiger partial charge in [-0.25, -0.2) is 0 Å². The number of anilines is 1. The predicted octanol–water partition coefficient (Wildman–Crippen LogP) is 3.68. The summed E-state index contributed by atoms with van der Waals surface area (Å²) in [5.41, 5.74) is 1.42. The van der Waals surface area contributed by atoms with Crippen molar-refractivity contribution in [3.05, 3.63) is 46.1 Å². The summed E-state index contributed by atoms with van der Waals surface area (Å²) >= 11 is 2.68. The van der Waals surface area contributed by atoms with Crippen molar-refractivity contribution in [2.75, 3.05) is 18.2 Å². The van der Waals surface area contributed by atoms with Gasteiger partial charge in [0.05, 0.1) is 18.4 Å². The second-order valence-electron chi connectivity index (χ2n) is 6.36. The molecule has 3 aromatic rings. The minimum Gasteiger partial charge on any atom is -0.497 e. The monoisotopic (exact) mass is 443 g/mol. The largest absolute Gasteiger partial charge is 0.497 e. The van der Waals surface area contributed by atoms with Crippen LogP contribution >= 0.6 is 23.1 Å². The highest BCUT2D eigenvalue weighted by Gasteiger charge is 2.16. The number of aromatic nitrogens is 3. The van der Waals surface area contributed by atoms with Crippen LogP contribution in [-0.4, -0.2) is 33.5 Å². The molecule has 3 rings (SSSR count). The summed E-state index contributed by atoms with van der Waals surface area (Å²) in [4.78, 5) is 13.4. The molecular weight excluding hydrogens is 422 g/mol. The number of aryl methyl sites for hydroxylation is 1. The summed E-state index contributed by atoms with van der Waals surface area (Å²) in [5, 5.41) is 21.6. The van der Waals surface area contributed by atoms with E-state index in [0.29, 0.717) is 33.0 Å². The number of hydrogen-bond acceptors (Lipinski definition) is 8. The highest BCUT2D eigenvalue weighted by Crippen LogP contribution is 2.31. The maximum absolute atomic E-state index is 12.3. The Morgan fingerprint density at radius 1 is 1.33 bits per heavy atom. The number of methoxy groups -OCH3 is 1. The fourth-order valence-electron chi connectivity index (χ4n) is 2.58. The molecule has 0 spiro atoms. The Kier molecular flexibility index (Phi) is 6.97. The van der Waals surface area contributed by atoms with Gasteiger partial charge >= 0.3 is 0 Å². The van der Waals surface area contributed by atoms with Crippen molar-refractivity contribution >= 4 is 34.0 Å². The van der Waals surface area contributed by atoms with Crippen LogP contribution in [-0.2, 0) is 18.4 Å². The van der Waals surface area contributed by atoms with Gasteiger partial charge in [0.1, 0.15) is 29.2 Å². The lowest BCUT2D eigenvalue weighted by atomic mass is 10.2. The number of nitrogens with zero attached hydrogens (tertiary/aromatic N) is 4. The van der Waals surface area contributed by atoms with E-state index < -0.39 is 0 Å². The number of amides is 1. The molecule has 0 aliphatic heterocycles. The molecule has 0 atom stereocenters. The molecule has 30 heavy (non-hydrogen) atoms. The molecule has 0 bridgehead atoms. The fraction of sp³-hybridized carbons (Fsp3) is 0.300. The van der Waals surface area contributed by atoms with Gasteiger partial charge in [0.15, 0.2) is 11.0 Å². The third-order valence-electron chi connectivity index (χ3n) is 4.42. The van der Waals surface area contributed by atoms with Crippen LogP contribution in [0, 0.1) is 25.2 Å². The Balaban J connectivity index is 1.56. The smallest absolute Gasteiger partial charge is 0.235 e. The lowest BCUT2D eigenvalue weighted by Crippen LogP contribution is -2.14. The van der Waals surface area contributed by atoms with Crippen molar-refractivity contribution < 1.29 is 14.3 Å². The summed E-state index contributed by atoms with van der Waals surface area (Å²) in [7, 11) is 3.42. The number of hydrogen-bond donors (Lipinski definition) is 1. The zero-order valence-electron chi connectivity index (χ0n) is 17.1. The molecule has 0 radical (unpaired) electrons. The molecule has 0 aliphatic carbocycles. The minimum absolute atomic E-state index is 0.156. The van der Waals surface area contributed by atoms with E-state index in [0.717, 1.165) is 10.4 Å². The first kappa shape index (κ1) is 21.7. The molecule has 1 aromatic carbocycles. The fourth-order valence-corrected chi connectivity index (χ4v) is 4.33. The SMILES string of the molecule is COc1cccc(OCc2nnc(SCC(=O)Nc3sc(C)c(C)c3C#N)n2C)c1. The van der Waals surface area contributed by atoms with Crippen molar-refractivity contribution in [2.45, 2.75) is 25.6 Å². The van der Waals surface area contributed by atoms with E-state index in [9.17, 15) is 10.1 Å². The normalized spacial score (nSPS) is 10.5. The van der Waals surface area contributed by atoms with Crippen LogP contribution in [0.2, 0.25) is 0 Å². The third kappa shape index (κ3) is 4.93. The highest BCUT2D eigenvalue weighted by molar-refractivity contribution is 7.99. The van der Waals surface area contributed by atoms with E-state index in [1.807, 2.05) is 39.1 Å². The predicted molar refractivity (Wildman–Crippen MR) is 116 cm³/mol. The Labute approximate surface area is 182 Å². The number of thiophene rings is 1. The average Bonchev–Trinajstić information content (AvgIpc) is 3.23. The quantitative estimate of drug-likeness (QED) is 0.530. The maximum Gasteiger partial charge on any atom is 0.235 e. The van der Waals surface area contributed by atoms with Crippen LogP contribution in [0.1, 0.15) is 21.8 Å². The molecular formula is C20H21N5O3S2. The topological polar surface area (TPSA) is 102 Å². The Bertz CT molecular complexity index is 1100. The van der Waals surface area contributed by atoms with E-state index in [1.54, 1.807) is 17.7 Å². The summed E-state index contributed by atoms with van der Waals surface area (Å²) in [5.74, 6) is 1.97. The molecule has 10 heteroatoms. The van der Waals surface area contributed by atoms with Gasteiger partial charge in [0.25, 0.3) is 0 Å². The van der Waals surface area contributed by atoms with Crippen LogP contribution in [0.4, 0.5) is 5.00 Å². The first-order valence-electron chi connectivity index (χ1n) is 9.00. The van der Waals surface area contributed by atoms with Gasteiger partial charge in [-0.1, -0.05) is 17.8 Å². The van der Waals surface area contributed by atoms with Gasteiger partial charge in [-0.15, -0.1) is 21.5 Å². The molecule has 2 heterocycles. The van der Waals surface area contributed by atoms with Gasteiger partial charge in [0, 0.05) is 18.0 Å². The summed E-state index contributed by atoms with van der Waals surface area (Å²) in [6.45, 7) is 4.05. The van der Waals surface area contributed by atoms with Crippen LogP contribution in [0.25, 0.3) is 0 Å². The zero-order valence-corrected chi connectivity index (χ0v) is 18.7. The van der Waals surface area contributed by atoms with Gasteiger partial charge in [-0.05, 0) is 31.5 Å². The highest BCUT2D eigenvalue weighted by atomic mass is 32.2. The maximum atomic E-state index is 12.3. The van der Waals surface area contributed by atoms with Crippen LogP contribution in [0.5, 0.6) is 11.5 Å². The van der Waals surface area contributed by atoms with Crippen LogP contribution in [0.3, 0.4) is 0 Å². The second-order valence-corrected chi connectivity index (χ2v) is 8.53. The van der Waals surface area contributed by atoms with E-state index in [1.165, 1.54) is 23.1 Å². The zero-order chi connectivity index (χ0) is 21.7. The van der Waals surface area contributed by atoms with Crippen molar-refractivity contribution in [3.8, 4) is 17.6 Å². The Morgan fingerprint density at radius 2 is 2.10 bits per heavy atom. The number of nitrogens with one attached hydrogen (secondary N) is 1. The number of ether oxygens (including phenoxy) is 2. The summed E-state index contributed by atoms with van der Waals surface area (Å²) in [6.07, 6.45) is 0. The number of carbonyl (C=O) groups excluding carboxylic acids is 1. The number of thioether (sulfide) groups is 1. The Hall–Kier alpha value is -3.03. The number of rotatable bonds is 8. The molecule has 0 aliphatic rings. The van der Waals surface area contributed by atoms with E-state index >= 15 is 0 Å². The number of carbonyl (C=O) groups is 1. The first-order valence-corrected chi connectivity index (χ1v) is 10.8. The Morgan fingerprint density at radius 3 is 2.83 bits per heavy atom. The number of benzene rings is 1. The summed E-state index contributed by atoms with van der Waals surface area (Å²) < 4.78 is 12.7. The van der Waals surface area contributed by atoms with E-state index in [2.05, 4.69) is 21.6 Å². The lowest BCUT2D eigenvalue weighted by molar-refractivity contribution is -0.113. The van der Waals surface area contributed by atoms with Crippen LogP contribution < -0.4 is 14.8 Å². The van der Waals surface area contributed by atoms with Crippen molar-refractivity contribution in [3.63, 3.8) is 0 Å². The molecule has 0 saturated heterocycles. The molecule has 2 aromatic heterocycles. The molecule has 1 amide bonds. The van der Waals surface area contributed by atoms with Crippen molar-refractivity contribution in [2.24, 2.45) is 7.05 Å². The average molecular weight is 444 g/mol. The third-order valence-corrected chi connectivity index (χ3v) is 6.56. The van der Waals surface area contributed by atoms with Gasteiger partial charge < -0.3 is 19.4 Å². The summed E-state index contributed by atoms with van der Waals surface area (Å²) in [6, 6.07) is 9.47. The molecule has 8 nitrogen and oxygen atoms in total. The molecule has 156 valence electrons. The van der Waals surface area contributed by atoms with Gasteiger partial charge in [0.2, 0.25) is 5.91 Å². The van der Waals surface area contributed by atoms with Crippen LogP contribution in [0.15, 0.2) is 29.4 Å². The van der Waals surface area contributed by atoms with Gasteiger partial charge in [-0.3, -0.25) is 4.79 Å². The van der Waals surface area contributed by atoms with Crippen molar-refractivity contribution in [1.29, 1.82) is 5.26 Å². The first-order chi connectivity index (χ1) is 14.4. The molecule has 0 unspecified atom stereocenters. The molecule has 0 saturated carbocycles. The molecule has 1 N–H and O–H groups in total. The van der Waals surface area contributed by atoms with E-state index in [-0.39, 0.29) is 18.3 Å². The molecule has 0 fully saturated rings. The minimum atomic E-state index is -0.199. The van der Waals surface area contributed by atoms with Gasteiger partial charge in [-0.2, -0.15) is 5.26 Å². The second kappa shape index (κ2) is 9.65. The van der Waals surface area contributed by atoms with Crippen molar-refractivity contribution in [1.82, 2.24) is 14.8 Å². The van der Waals surface area contributed by atoms with E-state index in [4.69, 9.17) is 9.47 Å². The standard InChI is InChI=1S/C20H21N5O3S2/c1-12-13(2)30-19(16(12)9-21)22-18(26)11-29-20-24-23-17(25(20)3)10-28-15-7-5-6-14(8-15)27-4/h5-8H,10-11H2,1-4H3,(H,22,26). The number of nitriles is 1.